The lowest BCUT2D eigenvalue weighted by molar-refractivity contribution is 0.483. The summed E-state index contributed by atoms with van der Waals surface area (Å²) in [5.41, 5.74) is 0.0436. The highest BCUT2D eigenvalue weighted by Gasteiger charge is 2.18. The number of hydrogen-bond donors (Lipinski definition) is 1. The number of nitrogens with one attached hydrogen (secondary N) is 1. The van der Waals surface area contributed by atoms with Gasteiger partial charge in [-0.05, 0) is 19.0 Å². The lowest BCUT2D eigenvalue weighted by Crippen LogP contribution is -2.14. The molecular formula is C14H14F3NO. The molecule has 1 aromatic carbocycles. The van der Waals surface area contributed by atoms with Gasteiger partial charge in [-0.15, -0.1) is 0 Å². The van der Waals surface area contributed by atoms with Gasteiger partial charge in [0.25, 0.3) is 0 Å². The molecule has 102 valence electrons. The van der Waals surface area contributed by atoms with Gasteiger partial charge in [0.05, 0.1) is 18.4 Å². The molecule has 0 aliphatic rings. The van der Waals surface area contributed by atoms with Crippen LogP contribution in [0, 0.1) is 17.5 Å². The third kappa shape index (κ3) is 2.98. The maximum absolute atomic E-state index is 13.7. The van der Waals surface area contributed by atoms with Gasteiger partial charge >= 0.3 is 0 Å². The molecule has 0 amide bonds. The number of halogens is 3. The monoisotopic (exact) mass is 269 g/mol. The molecule has 2 nitrogen and oxygen atoms in total. The van der Waals surface area contributed by atoms with Crippen LogP contribution in [0.15, 0.2) is 28.9 Å². The summed E-state index contributed by atoms with van der Waals surface area (Å²) in [5, 5.41) is 3.09. The minimum absolute atomic E-state index is 0.261. The number of benzene rings is 1. The molecule has 0 aliphatic carbocycles. The summed E-state index contributed by atoms with van der Waals surface area (Å²) in [5.74, 6) is -2.38. The Balaban J connectivity index is 2.35. The topological polar surface area (TPSA) is 25.2 Å². The van der Waals surface area contributed by atoms with E-state index in [0.717, 1.165) is 13.0 Å². The standard InChI is InChI=1S/C14H14F3NO/c1-2-4-18-8-13-10(3-5-19-13)14-11(16)6-9(15)7-12(14)17/h3,5-7,18H,2,4,8H2,1H3. The van der Waals surface area contributed by atoms with E-state index >= 15 is 0 Å². The summed E-state index contributed by atoms with van der Waals surface area (Å²) in [6.07, 6.45) is 2.30. The van der Waals surface area contributed by atoms with E-state index in [1.165, 1.54) is 12.3 Å². The molecule has 1 heterocycles. The Morgan fingerprint density at radius 1 is 1.16 bits per heavy atom. The SMILES string of the molecule is CCCNCc1occc1-c1c(F)cc(F)cc1F. The lowest BCUT2D eigenvalue weighted by atomic mass is 10.0. The molecular weight excluding hydrogens is 255 g/mol. The van der Waals surface area contributed by atoms with E-state index in [1.54, 1.807) is 0 Å². The molecule has 0 saturated heterocycles. The molecule has 0 atom stereocenters. The van der Waals surface area contributed by atoms with Crippen molar-refractivity contribution in [1.29, 1.82) is 0 Å². The van der Waals surface area contributed by atoms with Crippen LogP contribution in [-0.2, 0) is 6.54 Å². The van der Waals surface area contributed by atoms with Gasteiger partial charge in [0.2, 0.25) is 0 Å². The van der Waals surface area contributed by atoms with E-state index in [1.807, 2.05) is 6.92 Å². The van der Waals surface area contributed by atoms with Gasteiger partial charge in [-0.1, -0.05) is 6.92 Å². The Hall–Kier alpha value is -1.75. The maximum atomic E-state index is 13.7. The molecule has 2 aromatic rings. The van der Waals surface area contributed by atoms with E-state index in [-0.39, 0.29) is 5.56 Å². The number of hydrogen-bond acceptors (Lipinski definition) is 2. The Morgan fingerprint density at radius 2 is 1.84 bits per heavy atom. The van der Waals surface area contributed by atoms with Crippen molar-refractivity contribution in [3.63, 3.8) is 0 Å². The second-order valence-electron chi connectivity index (χ2n) is 4.18. The minimum Gasteiger partial charge on any atom is -0.467 e. The fourth-order valence-electron chi connectivity index (χ4n) is 1.88. The molecule has 5 heteroatoms. The molecule has 0 saturated carbocycles. The van der Waals surface area contributed by atoms with Crippen LogP contribution in [0.5, 0.6) is 0 Å². The van der Waals surface area contributed by atoms with Crippen molar-refractivity contribution in [3.05, 3.63) is 47.7 Å². The zero-order valence-electron chi connectivity index (χ0n) is 10.5. The molecule has 0 bridgehead atoms. The van der Waals surface area contributed by atoms with Crippen LogP contribution < -0.4 is 5.32 Å². The normalized spacial score (nSPS) is 10.9. The van der Waals surface area contributed by atoms with Crippen LogP contribution in [0.1, 0.15) is 19.1 Å². The van der Waals surface area contributed by atoms with Crippen molar-refractivity contribution in [1.82, 2.24) is 5.32 Å². The summed E-state index contributed by atoms with van der Waals surface area (Å²) < 4.78 is 45.5. The van der Waals surface area contributed by atoms with Crippen molar-refractivity contribution in [3.8, 4) is 11.1 Å². The predicted octanol–water partition coefficient (Wildman–Crippen LogP) is 3.86. The van der Waals surface area contributed by atoms with Crippen LogP contribution >= 0.6 is 0 Å². The zero-order valence-corrected chi connectivity index (χ0v) is 10.5. The molecule has 1 aromatic heterocycles. The quantitative estimate of drug-likeness (QED) is 0.834. The predicted molar refractivity (Wildman–Crippen MR) is 66.0 cm³/mol. The summed E-state index contributed by atoms with van der Waals surface area (Å²) in [6, 6.07) is 2.80. The Labute approximate surface area is 109 Å². The minimum atomic E-state index is -0.937. The molecule has 0 radical (unpaired) electrons. The third-order valence-electron chi connectivity index (χ3n) is 2.73. The maximum Gasteiger partial charge on any atom is 0.137 e. The van der Waals surface area contributed by atoms with Crippen LogP contribution in [0.2, 0.25) is 0 Å². The lowest BCUT2D eigenvalue weighted by Gasteiger charge is -2.07. The van der Waals surface area contributed by atoms with Crippen LogP contribution in [0.3, 0.4) is 0 Å². The molecule has 0 unspecified atom stereocenters. The first kappa shape index (κ1) is 13.7. The van der Waals surface area contributed by atoms with Crippen LogP contribution in [-0.4, -0.2) is 6.54 Å². The molecule has 0 aliphatic heterocycles. The highest BCUT2D eigenvalue weighted by Crippen LogP contribution is 2.30. The first-order chi connectivity index (χ1) is 9.13. The zero-order chi connectivity index (χ0) is 13.8. The van der Waals surface area contributed by atoms with Gasteiger partial charge in [0, 0.05) is 17.7 Å². The van der Waals surface area contributed by atoms with Crippen molar-refractivity contribution < 1.29 is 17.6 Å². The Morgan fingerprint density at radius 3 is 2.47 bits per heavy atom. The fraction of sp³-hybridized carbons (Fsp3) is 0.286. The average Bonchev–Trinajstić information content (AvgIpc) is 2.76. The van der Waals surface area contributed by atoms with Crippen LogP contribution in [0.25, 0.3) is 11.1 Å². The second kappa shape index (κ2) is 5.93. The van der Waals surface area contributed by atoms with E-state index in [0.29, 0.717) is 30.0 Å². The van der Waals surface area contributed by atoms with Crippen molar-refractivity contribution in [2.75, 3.05) is 6.54 Å². The summed E-state index contributed by atoms with van der Waals surface area (Å²) in [4.78, 5) is 0. The van der Waals surface area contributed by atoms with E-state index < -0.39 is 17.5 Å². The average molecular weight is 269 g/mol. The van der Waals surface area contributed by atoms with Gasteiger partial charge in [0.15, 0.2) is 0 Å². The Bertz CT molecular complexity index is 543. The van der Waals surface area contributed by atoms with Gasteiger partial charge in [0.1, 0.15) is 23.2 Å². The van der Waals surface area contributed by atoms with Gasteiger partial charge in [-0.3, -0.25) is 0 Å². The fourth-order valence-corrected chi connectivity index (χ4v) is 1.88. The number of furan rings is 1. The largest absolute Gasteiger partial charge is 0.467 e. The summed E-state index contributed by atoms with van der Waals surface area (Å²) >= 11 is 0. The smallest absolute Gasteiger partial charge is 0.137 e. The number of rotatable bonds is 5. The summed E-state index contributed by atoms with van der Waals surface area (Å²) in [6.45, 7) is 3.15. The first-order valence-electron chi connectivity index (χ1n) is 6.05. The van der Waals surface area contributed by atoms with Gasteiger partial charge in [-0.25, -0.2) is 13.2 Å². The van der Waals surface area contributed by atoms with Crippen LogP contribution in [0.4, 0.5) is 13.2 Å². The molecule has 0 spiro atoms. The molecule has 1 N–H and O–H groups in total. The van der Waals surface area contributed by atoms with Crippen molar-refractivity contribution in [2.24, 2.45) is 0 Å². The summed E-state index contributed by atoms with van der Waals surface area (Å²) in [7, 11) is 0. The molecule has 19 heavy (non-hydrogen) atoms. The van der Waals surface area contributed by atoms with Gasteiger partial charge in [-0.2, -0.15) is 0 Å². The highest BCUT2D eigenvalue weighted by atomic mass is 19.1. The Kier molecular flexibility index (Phi) is 4.27. The van der Waals surface area contributed by atoms with Gasteiger partial charge < -0.3 is 9.73 Å². The van der Waals surface area contributed by atoms with E-state index in [2.05, 4.69) is 5.32 Å². The molecule has 0 fully saturated rings. The van der Waals surface area contributed by atoms with E-state index in [9.17, 15) is 13.2 Å². The highest BCUT2D eigenvalue weighted by molar-refractivity contribution is 5.66. The van der Waals surface area contributed by atoms with Crippen molar-refractivity contribution in [2.45, 2.75) is 19.9 Å². The first-order valence-corrected chi connectivity index (χ1v) is 6.05. The third-order valence-corrected chi connectivity index (χ3v) is 2.73. The second-order valence-corrected chi connectivity index (χ2v) is 4.18. The van der Waals surface area contributed by atoms with Crippen molar-refractivity contribution >= 4 is 0 Å². The van der Waals surface area contributed by atoms with E-state index in [4.69, 9.17) is 4.42 Å². The molecule has 2 rings (SSSR count).